The van der Waals surface area contributed by atoms with Gasteiger partial charge in [-0.3, -0.25) is 4.90 Å². The predicted octanol–water partition coefficient (Wildman–Crippen LogP) is 1.27. The highest BCUT2D eigenvalue weighted by Crippen LogP contribution is 2.22. The second-order valence-electron chi connectivity index (χ2n) is 5.43. The summed E-state index contributed by atoms with van der Waals surface area (Å²) in [7, 11) is 0. The maximum Gasteiger partial charge on any atom is 0.156 e. The van der Waals surface area contributed by atoms with Crippen molar-refractivity contribution in [1.82, 2.24) is 4.90 Å². The van der Waals surface area contributed by atoms with E-state index < -0.39 is 12.2 Å². The number of aryl methyl sites for hydroxylation is 2. The number of aliphatic hydroxyl groups excluding tert-OH is 1. The van der Waals surface area contributed by atoms with E-state index in [9.17, 15) is 5.11 Å². The van der Waals surface area contributed by atoms with Crippen LogP contribution < -0.4 is 4.74 Å². The summed E-state index contributed by atoms with van der Waals surface area (Å²) in [5.74, 6) is 0.841. The molecule has 1 saturated heterocycles. The average molecular weight is 290 g/mol. The highest BCUT2D eigenvalue weighted by atomic mass is 16.5. The Balaban J connectivity index is 1.82. The Kier molecular flexibility index (Phi) is 5.57. The van der Waals surface area contributed by atoms with Gasteiger partial charge < -0.3 is 14.6 Å². The van der Waals surface area contributed by atoms with Crippen LogP contribution in [0.3, 0.4) is 0 Å². The first-order chi connectivity index (χ1) is 10.1. The molecule has 5 nitrogen and oxygen atoms in total. The summed E-state index contributed by atoms with van der Waals surface area (Å²) in [4.78, 5) is 2.04. The van der Waals surface area contributed by atoms with Gasteiger partial charge in [0.1, 0.15) is 18.5 Å². The zero-order chi connectivity index (χ0) is 15.2. The molecule has 1 aliphatic rings. The summed E-state index contributed by atoms with van der Waals surface area (Å²) < 4.78 is 11.0. The van der Waals surface area contributed by atoms with E-state index in [-0.39, 0.29) is 6.61 Å². The first kappa shape index (κ1) is 15.8. The third kappa shape index (κ3) is 4.43. The van der Waals surface area contributed by atoms with Gasteiger partial charge in [0.2, 0.25) is 0 Å². The smallest absolute Gasteiger partial charge is 0.156 e. The molecule has 0 spiro atoms. The summed E-state index contributed by atoms with van der Waals surface area (Å²) in [6, 6.07) is 8.08. The van der Waals surface area contributed by atoms with Crippen molar-refractivity contribution in [2.45, 2.75) is 26.1 Å². The summed E-state index contributed by atoms with van der Waals surface area (Å²) in [5, 5.41) is 19.0. The Morgan fingerprint density at radius 3 is 2.86 bits per heavy atom. The van der Waals surface area contributed by atoms with Crippen molar-refractivity contribution in [3.63, 3.8) is 0 Å². The fourth-order valence-electron chi connectivity index (χ4n) is 2.50. The lowest BCUT2D eigenvalue weighted by Crippen LogP contribution is -2.46. The van der Waals surface area contributed by atoms with Crippen LogP contribution in [0.1, 0.15) is 11.1 Å². The standard InChI is InChI=1S/C16H22N2O3/c1-12-4-3-5-13(2)16(12)21-11-14(19)9-18-6-7-20-15(8-17)10-18/h3-5,14-15,19H,6-7,9-11H2,1-2H3. The third-order valence-corrected chi connectivity index (χ3v) is 3.59. The second kappa shape index (κ2) is 7.41. The van der Waals surface area contributed by atoms with E-state index in [0.29, 0.717) is 19.7 Å². The molecule has 0 bridgehead atoms. The second-order valence-corrected chi connectivity index (χ2v) is 5.43. The Hall–Kier alpha value is -1.61. The summed E-state index contributed by atoms with van der Waals surface area (Å²) in [5.41, 5.74) is 2.14. The Bertz CT molecular complexity index is 492. The van der Waals surface area contributed by atoms with Gasteiger partial charge >= 0.3 is 0 Å². The van der Waals surface area contributed by atoms with Gasteiger partial charge in [-0.25, -0.2) is 0 Å². The van der Waals surface area contributed by atoms with Crippen LogP contribution in [0.4, 0.5) is 0 Å². The molecule has 1 aromatic carbocycles. The molecule has 0 aliphatic carbocycles. The Morgan fingerprint density at radius 2 is 2.19 bits per heavy atom. The highest BCUT2D eigenvalue weighted by molar-refractivity contribution is 5.39. The quantitative estimate of drug-likeness (QED) is 0.884. The van der Waals surface area contributed by atoms with Crippen molar-refractivity contribution in [3.8, 4) is 11.8 Å². The van der Waals surface area contributed by atoms with E-state index in [2.05, 4.69) is 6.07 Å². The van der Waals surface area contributed by atoms with Gasteiger partial charge in [-0.05, 0) is 25.0 Å². The minimum absolute atomic E-state index is 0.250. The average Bonchev–Trinajstić information content (AvgIpc) is 2.47. The van der Waals surface area contributed by atoms with Crippen molar-refractivity contribution in [1.29, 1.82) is 5.26 Å². The summed E-state index contributed by atoms with van der Waals surface area (Å²) >= 11 is 0. The van der Waals surface area contributed by atoms with Gasteiger partial charge in [0.15, 0.2) is 6.10 Å². The number of hydrogen-bond donors (Lipinski definition) is 1. The lowest BCUT2D eigenvalue weighted by atomic mass is 10.1. The molecule has 1 aliphatic heterocycles. The monoisotopic (exact) mass is 290 g/mol. The molecule has 0 aromatic heterocycles. The zero-order valence-electron chi connectivity index (χ0n) is 12.6. The molecule has 21 heavy (non-hydrogen) atoms. The molecule has 5 heteroatoms. The largest absolute Gasteiger partial charge is 0.490 e. The SMILES string of the molecule is Cc1cccc(C)c1OCC(O)CN1CCOC(C#N)C1. The lowest BCUT2D eigenvalue weighted by Gasteiger charge is -2.31. The number of nitriles is 1. The first-order valence-electron chi connectivity index (χ1n) is 7.21. The van der Waals surface area contributed by atoms with Crippen molar-refractivity contribution >= 4 is 0 Å². The van der Waals surface area contributed by atoms with Gasteiger partial charge in [0, 0.05) is 19.6 Å². The Morgan fingerprint density at radius 1 is 1.48 bits per heavy atom. The topological polar surface area (TPSA) is 65.7 Å². The number of β-amino-alcohol motifs (C(OH)–C–C–N with tert-alkyl or cyclic N) is 1. The number of aliphatic hydroxyl groups is 1. The van der Waals surface area contributed by atoms with Crippen LogP contribution in [-0.2, 0) is 4.74 Å². The van der Waals surface area contributed by atoms with Crippen molar-refractivity contribution in [3.05, 3.63) is 29.3 Å². The van der Waals surface area contributed by atoms with Crippen LogP contribution >= 0.6 is 0 Å². The number of para-hydroxylation sites is 1. The van der Waals surface area contributed by atoms with Gasteiger partial charge in [0.05, 0.1) is 12.7 Å². The molecule has 0 amide bonds. The van der Waals surface area contributed by atoms with Gasteiger partial charge in [-0.2, -0.15) is 5.26 Å². The van der Waals surface area contributed by atoms with Crippen molar-refractivity contribution in [2.24, 2.45) is 0 Å². The molecular formula is C16H22N2O3. The van der Waals surface area contributed by atoms with Gasteiger partial charge in [0.25, 0.3) is 0 Å². The maximum atomic E-state index is 10.1. The predicted molar refractivity (Wildman–Crippen MR) is 79.2 cm³/mol. The van der Waals surface area contributed by atoms with Crippen LogP contribution in [0.2, 0.25) is 0 Å². The summed E-state index contributed by atoms with van der Waals surface area (Å²) in [6.45, 7) is 6.54. The number of morpholine rings is 1. The van der Waals surface area contributed by atoms with Gasteiger partial charge in [-0.1, -0.05) is 18.2 Å². The van der Waals surface area contributed by atoms with E-state index >= 15 is 0 Å². The molecule has 1 fully saturated rings. The number of benzene rings is 1. The fraction of sp³-hybridized carbons (Fsp3) is 0.562. The minimum atomic E-state index is -0.582. The normalized spacial score (nSPS) is 20.8. The van der Waals surface area contributed by atoms with Gasteiger partial charge in [-0.15, -0.1) is 0 Å². The van der Waals surface area contributed by atoms with E-state index in [1.54, 1.807) is 0 Å². The zero-order valence-corrected chi connectivity index (χ0v) is 12.6. The van der Waals surface area contributed by atoms with Crippen LogP contribution in [0.25, 0.3) is 0 Å². The number of nitrogens with zero attached hydrogens (tertiary/aromatic N) is 2. The van der Waals surface area contributed by atoms with Crippen molar-refractivity contribution in [2.75, 3.05) is 32.8 Å². The van der Waals surface area contributed by atoms with Crippen LogP contribution in [0, 0.1) is 25.2 Å². The molecule has 114 valence electrons. The molecule has 2 unspecified atom stereocenters. The number of hydrogen-bond acceptors (Lipinski definition) is 5. The molecule has 1 N–H and O–H groups in total. The van der Waals surface area contributed by atoms with E-state index in [1.165, 1.54) is 0 Å². The minimum Gasteiger partial charge on any atom is -0.490 e. The van der Waals surface area contributed by atoms with E-state index in [0.717, 1.165) is 23.4 Å². The Labute approximate surface area is 125 Å². The number of ether oxygens (including phenoxy) is 2. The molecule has 0 radical (unpaired) electrons. The molecule has 2 atom stereocenters. The molecule has 0 saturated carbocycles. The molecule has 2 rings (SSSR count). The van der Waals surface area contributed by atoms with E-state index in [4.69, 9.17) is 14.7 Å². The van der Waals surface area contributed by atoms with Crippen molar-refractivity contribution < 1.29 is 14.6 Å². The number of rotatable bonds is 5. The maximum absolute atomic E-state index is 10.1. The molecule has 1 aromatic rings. The van der Waals surface area contributed by atoms with E-state index in [1.807, 2.05) is 36.9 Å². The third-order valence-electron chi connectivity index (χ3n) is 3.59. The molecular weight excluding hydrogens is 268 g/mol. The lowest BCUT2D eigenvalue weighted by molar-refractivity contribution is -0.0216. The summed E-state index contributed by atoms with van der Waals surface area (Å²) in [6.07, 6.45) is -0.980. The van der Waals surface area contributed by atoms with Crippen LogP contribution in [-0.4, -0.2) is 55.1 Å². The fourth-order valence-corrected chi connectivity index (χ4v) is 2.50. The van der Waals surface area contributed by atoms with Crippen LogP contribution in [0.15, 0.2) is 18.2 Å². The first-order valence-corrected chi connectivity index (χ1v) is 7.21. The van der Waals surface area contributed by atoms with Crippen LogP contribution in [0.5, 0.6) is 5.75 Å². The highest BCUT2D eigenvalue weighted by Gasteiger charge is 2.22. The molecule has 1 heterocycles.